The zero-order valence-electron chi connectivity index (χ0n) is 8.03. The number of halogens is 1. The molecule has 2 rings (SSSR count). The summed E-state index contributed by atoms with van der Waals surface area (Å²) < 4.78 is 0.836. The predicted molar refractivity (Wildman–Crippen MR) is 64.4 cm³/mol. The number of aryl methyl sites for hydroxylation is 1. The average Bonchev–Trinajstić information content (AvgIpc) is 2.64. The van der Waals surface area contributed by atoms with E-state index in [0.29, 0.717) is 10.6 Å². The van der Waals surface area contributed by atoms with Gasteiger partial charge in [0.25, 0.3) is 0 Å². The van der Waals surface area contributed by atoms with Gasteiger partial charge < -0.3 is 0 Å². The Morgan fingerprint density at radius 2 is 2.27 bits per heavy atom. The van der Waals surface area contributed by atoms with Gasteiger partial charge in [-0.1, -0.05) is 6.07 Å². The summed E-state index contributed by atoms with van der Waals surface area (Å²) in [7, 11) is 0. The molecule has 0 saturated carbocycles. The summed E-state index contributed by atoms with van der Waals surface area (Å²) in [4.78, 5) is 16.9. The van der Waals surface area contributed by atoms with E-state index in [-0.39, 0.29) is 5.78 Å². The van der Waals surface area contributed by atoms with Gasteiger partial charge in [-0.3, -0.25) is 9.78 Å². The summed E-state index contributed by atoms with van der Waals surface area (Å²) >= 11 is 4.78. The third-order valence-corrected chi connectivity index (χ3v) is 3.88. The van der Waals surface area contributed by atoms with Crippen molar-refractivity contribution in [3.63, 3.8) is 0 Å². The largest absolute Gasteiger partial charge is 0.286 e. The van der Waals surface area contributed by atoms with Crippen molar-refractivity contribution in [1.29, 1.82) is 0 Å². The summed E-state index contributed by atoms with van der Waals surface area (Å²) in [6, 6.07) is 5.59. The van der Waals surface area contributed by atoms with Crippen molar-refractivity contribution in [2.24, 2.45) is 0 Å². The second-order valence-corrected chi connectivity index (χ2v) is 4.87. The van der Waals surface area contributed by atoms with Crippen molar-refractivity contribution in [3.8, 4) is 0 Å². The van der Waals surface area contributed by atoms with E-state index in [1.807, 2.05) is 30.5 Å². The van der Waals surface area contributed by atoms with E-state index >= 15 is 0 Å². The molecule has 2 nitrogen and oxygen atoms in total. The SMILES string of the molecule is Cc1cccnc1C(=O)c1sccc1Br. The van der Waals surface area contributed by atoms with E-state index in [2.05, 4.69) is 20.9 Å². The van der Waals surface area contributed by atoms with Crippen molar-refractivity contribution in [1.82, 2.24) is 4.98 Å². The zero-order valence-corrected chi connectivity index (χ0v) is 10.4. The molecule has 0 aromatic carbocycles. The van der Waals surface area contributed by atoms with Gasteiger partial charge in [-0.05, 0) is 45.9 Å². The van der Waals surface area contributed by atoms with Gasteiger partial charge in [0.15, 0.2) is 0 Å². The summed E-state index contributed by atoms with van der Waals surface area (Å²) in [5, 5.41) is 1.88. The smallest absolute Gasteiger partial charge is 0.222 e. The Morgan fingerprint density at radius 1 is 1.47 bits per heavy atom. The van der Waals surface area contributed by atoms with Crippen LogP contribution >= 0.6 is 27.3 Å². The molecule has 0 aliphatic rings. The molecule has 0 bridgehead atoms. The van der Waals surface area contributed by atoms with Crippen LogP contribution in [-0.2, 0) is 0 Å². The van der Waals surface area contributed by atoms with Crippen molar-refractivity contribution in [3.05, 3.63) is 50.4 Å². The topological polar surface area (TPSA) is 30.0 Å². The van der Waals surface area contributed by atoms with E-state index in [9.17, 15) is 4.79 Å². The molecule has 0 spiro atoms. The Bertz CT molecular complexity index is 507. The highest BCUT2D eigenvalue weighted by Crippen LogP contribution is 2.25. The fourth-order valence-electron chi connectivity index (χ4n) is 1.29. The number of carbonyl (C=O) groups excluding carboxylic acids is 1. The van der Waals surface area contributed by atoms with Crippen LogP contribution in [0.15, 0.2) is 34.2 Å². The maximum atomic E-state index is 12.1. The molecule has 0 N–H and O–H groups in total. The zero-order chi connectivity index (χ0) is 10.8. The van der Waals surface area contributed by atoms with E-state index in [1.54, 1.807) is 6.20 Å². The highest BCUT2D eigenvalue weighted by atomic mass is 79.9. The minimum Gasteiger partial charge on any atom is -0.286 e. The van der Waals surface area contributed by atoms with E-state index < -0.39 is 0 Å². The average molecular weight is 282 g/mol. The highest BCUT2D eigenvalue weighted by Gasteiger charge is 2.16. The van der Waals surface area contributed by atoms with E-state index in [1.165, 1.54) is 11.3 Å². The van der Waals surface area contributed by atoms with Gasteiger partial charge in [0.1, 0.15) is 5.69 Å². The Labute approximate surface area is 100 Å². The number of hydrogen-bond donors (Lipinski definition) is 0. The maximum Gasteiger partial charge on any atom is 0.222 e. The minimum absolute atomic E-state index is 0.0185. The van der Waals surface area contributed by atoms with Crippen molar-refractivity contribution >= 4 is 33.0 Å². The number of aromatic nitrogens is 1. The second-order valence-electron chi connectivity index (χ2n) is 3.10. The molecule has 0 amide bonds. The predicted octanol–water partition coefficient (Wildman–Crippen LogP) is 3.45. The van der Waals surface area contributed by atoms with Crippen LogP contribution in [0.25, 0.3) is 0 Å². The molecule has 0 unspecified atom stereocenters. The minimum atomic E-state index is -0.0185. The third kappa shape index (κ3) is 2.01. The molecular formula is C11H8BrNOS. The molecular weight excluding hydrogens is 274 g/mol. The number of rotatable bonds is 2. The monoisotopic (exact) mass is 281 g/mol. The highest BCUT2D eigenvalue weighted by molar-refractivity contribution is 9.10. The fourth-order valence-corrected chi connectivity index (χ4v) is 2.78. The molecule has 76 valence electrons. The number of pyridine rings is 1. The molecule has 4 heteroatoms. The summed E-state index contributed by atoms with van der Waals surface area (Å²) in [6.07, 6.45) is 1.64. The molecule has 0 fully saturated rings. The lowest BCUT2D eigenvalue weighted by Gasteiger charge is -2.01. The van der Waals surface area contributed by atoms with Crippen molar-refractivity contribution in [2.45, 2.75) is 6.92 Å². The van der Waals surface area contributed by atoms with Crippen LogP contribution in [0.4, 0.5) is 0 Å². The lowest BCUT2D eigenvalue weighted by molar-refractivity contribution is 0.103. The lowest BCUT2D eigenvalue weighted by atomic mass is 10.1. The molecule has 2 aromatic rings. The van der Waals surface area contributed by atoms with Gasteiger partial charge in [-0.2, -0.15) is 0 Å². The van der Waals surface area contributed by atoms with E-state index in [0.717, 1.165) is 10.0 Å². The van der Waals surface area contributed by atoms with E-state index in [4.69, 9.17) is 0 Å². The third-order valence-electron chi connectivity index (χ3n) is 2.05. The molecule has 0 aliphatic carbocycles. The van der Waals surface area contributed by atoms with Crippen LogP contribution in [0.1, 0.15) is 20.9 Å². The van der Waals surface area contributed by atoms with Crippen LogP contribution in [0.5, 0.6) is 0 Å². The number of ketones is 1. The summed E-state index contributed by atoms with van der Waals surface area (Å²) in [5.74, 6) is -0.0185. The molecule has 2 aromatic heterocycles. The Balaban J connectivity index is 2.46. The fraction of sp³-hybridized carbons (Fsp3) is 0.0909. The normalized spacial score (nSPS) is 10.3. The number of nitrogens with zero attached hydrogens (tertiary/aromatic N) is 1. The molecule has 0 atom stereocenters. The quantitative estimate of drug-likeness (QED) is 0.790. The van der Waals surface area contributed by atoms with Crippen molar-refractivity contribution in [2.75, 3.05) is 0 Å². The first-order valence-corrected chi connectivity index (χ1v) is 6.06. The maximum absolute atomic E-state index is 12.1. The van der Waals surface area contributed by atoms with Gasteiger partial charge >= 0.3 is 0 Å². The molecule has 0 saturated heterocycles. The van der Waals surface area contributed by atoms with Gasteiger partial charge in [0, 0.05) is 10.7 Å². The molecule has 0 radical (unpaired) electrons. The first kappa shape index (κ1) is 10.5. The molecule has 15 heavy (non-hydrogen) atoms. The first-order valence-electron chi connectivity index (χ1n) is 4.39. The number of hydrogen-bond acceptors (Lipinski definition) is 3. The Kier molecular flexibility index (Phi) is 2.98. The van der Waals surface area contributed by atoms with Crippen molar-refractivity contribution < 1.29 is 4.79 Å². The van der Waals surface area contributed by atoms with Gasteiger partial charge in [-0.25, -0.2) is 0 Å². The second kappa shape index (κ2) is 4.24. The Morgan fingerprint density at radius 3 is 2.87 bits per heavy atom. The first-order chi connectivity index (χ1) is 7.20. The van der Waals surface area contributed by atoms with Crippen LogP contribution in [0, 0.1) is 6.92 Å². The van der Waals surface area contributed by atoms with Crippen LogP contribution in [0.3, 0.4) is 0 Å². The lowest BCUT2D eigenvalue weighted by Crippen LogP contribution is -2.04. The summed E-state index contributed by atoms with van der Waals surface area (Å²) in [5.41, 5.74) is 1.43. The number of thiophene rings is 1. The van der Waals surface area contributed by atoms with Crippen LogP contribution in [-0.4, -0.2) is 10.8 Å². The standard InChI is InChI=1S/C11H8BrNOS/c1-7-3-2-5-13-9(7)10(14)11-8(12)4-6-15-11/h2-6H,1H3. The number of carbonyl (C=O) groups is 1. The van der Waals surface area contributed by atoms with Crippen LogP contribution < -0.4 is 0 Å². The van der Waals surface area contributed by atoms with Crippen LogP contribution in [0.2, 0.25) is 0 Å². The van der Waals surface area contributed by atoms with Gasteiger partial charge in [0.2, 0.25) is 5.78 Å². The summed E-state index contributed by atoms with van der Waals surface area (Å²) in [6.45, 7) is 1.89. The molecule has 2 heterocycles. The molecule has 0 aliphatic heterocycles. The van der Waals surface area contributed by atoms with Gasteiger partial charge in [0.05, 0.1) is 4.88 Å². The Hall–Kier alpha value is -1.00. The van der Waals surface area contributed by atoms with Gasteiger partial charge in [-0.15, -0.1) is 11.3 Å².